The standard InChI is InChI=1S/C19H18FN3O4S/c1-3-21-17(25)11(2)27-15(24)8-23-10-22-18-16(19(23)26)14(9-28-18)12-4-6-13(20)7-5-12/h4-7,9-11H,3,8H2,1-2H3,(H,21,25)/t11-/m0/s1. The van der Waals surface area contributed by atoms with Crippen molar-refractivity contribution < 1.29 is 18.7 Å². The number of carbonyl (C=O) groups excluding carboxylic acids is 2. The van der Waals surface area contributed by atoms with Gasteiger partial charge in [0.25, 0.3) is 11.5 Å². The molecule has 146 valence electrons. The molecule has 0 aliphatic carbocycles. The van der Waals surface area contributed by atoms with E-state index in [1.54, 1.807) is 24.4 Å². The molecular weight excluding hydrogens is 385 g/mol. The van der Waals surface area contributed by atoms with Crippen molar-refractivity contribution in [1.29, 1.82) is 0 Å². The van der Waals surface area contributed by atoms with E-state index in [4.69, 9.17) is 4.74 Å². The van der Waals surface area contributed by atoms with Gasteiger partial charge in [0.05, 0.1) is 11.7 Å². The van der Waals surface area contributed by atoms with Gasteiger partial charge in [0.15, 0.2) is 6.10 Å². The van der Waals surface area contributed by atoms with Crippen LogP contribution in [-0.2, 0) is 20.9 Å². The van der Waals surface area contributed by atoms with Crippen molar-refractivity contribution in [3.05, 3.63) is 52.1 Å². The van der Waals surface area contributed by atoms with Crippen molar-refractivity contribution in [3.8, 4) is 11.1 Å². The normalized spacial score (nSPS) is 12.0. The van der Waals surface area contributed by atoms with Gasteiger partial charge >= 0.3 is 5.97 Å². The number of ether oxygens (including phenoxy) is 1. The van der Waals surface area contributed by atoms with Crippen molar-refractivity contribution >= 4 is 33.4 Å². The predicted octanol–water partition coefficient (Wildman–Crippen LogP) is 2.33. The molecule has 3 rings (SSSR count). The maximum atomic E-state index is 13.2. The van der Waals surface area contributed by atoms with Gasteiger partial charge in [-0.3, -0.25) is 19.0 Å². The summed E-state index contributed by atoms with van der Waals surface area (Å²) in [7, 11) is 0. The van der Waals surface area contributed by atoms with Crippen molar-refractivity contribution in [2.75, 3.05) is 6.54 Å². The zero-order valence-corrected chi connectivity index (χ0v) is 16.1. The third-order valence-corrected chi connectivity index (χ3v) is 4.93. The van der Waals surface area contributed by atoms with Crippen LogP contribution in [0.5, 0.6) is 0 Å². The molecule has 0 unspecified atom stereocenters. The lowest BCUT2D eigenvalue weighted by Gasteiger charge is -2.13. The average Bonchev–Trinajstić information content (AvgIpc) is 3.09. The summed E-state index contributed by atoms with van der Waals surface area (Å²) in [5.41, 5.74) is 0.890. The minimum atomic E-state index is -0.962. The second kappa shape index (κ2) is 8.30. The Morgan fingerprint density at radius 1 is 1.32 bits per heavy atom. The van der Waals surface area contributed by atoms with Crippen molar-refractivity contribution in [2.24, 2.45) is 0 Å². The van der Waals surface area contributed by atoms with Crippen molar-refractivity contribution in [2.45, 2.75) is 26.5 Å². The van der Waals surface area contributed by atoms with E-state index >= 15 is 0 Å². The number of benzene rings is 1. The number of nitrogens with one attached hydrogen (secondary N) is 1. The van der Waals surface area contributed by atoms with Gasteiger partial charge in [0.2, 0.25) is 0 Å². The molecular formula is C19H18FN3O4S. The molecule has 0 saturated carbocycles. The lowest BCUT2D eigenvalue weighted by Crippen LogP contribution is -2.37. The Morgan fingerprint density at radius 2 is 2.04 bits per heavy atom. The lowest BCUT2D eigenvalue weighted by atomic mass is 10.1. The molecule has 1 amide bonds. The number of carbonyl (C=O) groups is 2. The lowest BCUT2D eigenvalue weighted by molar-refractivity contribution is -0.155. The van der Waals surface area contributed by atoms with E-state index in [1.807, 2.05) is 0 Å². The second-order valence-electron chi connectivity index (χ2n) is 6.04. The van der Waals surface area contributed by atoms with Crippen LogP contribution in [0.3, 0.4) is 0 Å². The van der Waals surface area contributed by atoms with Gasteiger partial charge in [0.1, 0.15) is 17.2 Å². The van der Waals surface area contributed by atoms with Crippen LogP contribution in [0.4, 0.5) is 4.39 Å². The largest absolute Gasteiger partial charge is 0.451 e. The Balaban J connectivity index is 1.87. The molecule has 0 spiro atoms. The summed E-state index contributed by atoms with van der Waals surface area (Å²) in [6.07, 6.45) is 0.309. The van der Waals surface area contributed by atoms with Gasteiger partial charge in [-0.2, -0.15) is 0 Å². The van der Waals surface area contributed by atoms with Crippen molar-refractivity contribution in [3.63, 3.8) is 0 Å². The van der Waals surface area contributed by atoms with E-state index in [-0.39, 0.29) is 12.4 Å². The van der Waals surface area contributed by atoms with Crippen LogP contribution in [0, 0.1) is 5.82 Å². The number of thiophene rings is 1. The SMILES string of the molecule is CCNC(=O)[C@H](C)OC(=O)Cn1cnc2scc(-c3ccc(F)cc3)c2c1=O. The van der Waals surface area contributed by atoms with E-state index in [2.05, 4.69) is 10.3 Å². The molecule has 0 bridgehead atoms. The number of aromatic nitrogens is 2. The van der Waals surface area contributed by atoms with E-state index in [1.165, 1.54) is 36.7 Å². The molecule has 1 atom stereocenters. The number of rotatable bonds is 6. The number of hydrogen-bond donors (Lipinski definition) is 1. The summed E-state index contributed by atoms with van der Waals surface area (Å²) in [6, 6.07) is 5.79. The van der Waals surface area contributed by atoms with Gasteiger partial charge in [-0.05, 0) is 31.5 Å². The zero-order valence-electron chi connectivity index (χ0n) is 15.3. The molecule has 0 aliphatic rings. The van der Waals surface area contributed by atoms with Crippen LogP contribution >= 0.6 is 11.3 Å². The molecule has 3 aromatic rings. The zero-order chi connectivity index (χ0) is 20.3. The van der Waals surface area contributed by atoms with Crippen LogP contribution in [0.2, 0.25) is 0 Å². The number of fused-ring (bicyclic) bond motifs is 1. The fraction of sp³-hybridized carbons (Fsp3) is 0.263. The molecule has 28 heavy (non-hydrogen) atoms. The van der Waals surface area contributed by atoms with Gasteiger partial charge < -0.3 is 10.1 Å². The number of esters is 1. The highest BCUT2D eigenvalue weighted by Crippen LogP contribution is 2.30. The highest BCUT2D eigenvalue weighted by Gasteiger charge is 2.19. The Bertz CT molecular complexity index is 1070. The minimum Gasteiger partial charge on any atom is -0.451 e. The number of hydrogen-bond acceptors (Lipinski definition) is 6. The average molecular weight is 403 g/mol. The Morgan fingerprint density at radius 3 is 2.71 bits per heavy atom. The van der Waals surface area contributed by atoms with E-state index in [0.29, 0.717) is 27.9 Å². The van der Waals surface area contributed by atoms with Crippen LogP contribution in [0.25, 0.3) is 21.3 Å². The highest BCUT2D eigenvalue weighted by atomic mass is 32.1. The van der Waals surface area contributed by atoms with Gasteiger partial charge in [-0.15, -0.1) is 11.3 Å². The topological polar surface area (TPSA) is 90.3 Å². The first kappa shape index (κ1) is 19.7. The van der Waals surface area contributed by atoms with E-state index in [9.17, 15) is 18.8 Å². The summed E-state index contributed by atoms with van der Waals surface area (Å²) >= 11 is 1.29. The van der Waals surface area contributed by atoms with Gasteiger partial charge in [-0.1, -0.05) is 12.1 Å². The fourth-order valence-corrected chi connectivity index (χ4v) is 3.57. The maximum Gasteiger partial charge on any atom is 0.326 e. The molecule has 2 heterocycles. The molecule has 1 aromatic carbocycles. The Kier molecular flexibility index (Phi) is 5.84. The first-order valence-electron chi connectivity index (χ1n) is 8.60. The molecule has 1 N–H and O–H groups in total. The molecule has 0 radical (unpaired) electrons. The summed E-state index contributed by atoms with van der Waals surface area (Å²) in [5.74, 6) is -1.50. The summed E-state index contributed by atoms with van der Waals surface area (Å²) in [4.78, 5) is 41.4. The number of likely N-dealkylation sites (N-methyl/N-ethyl adjacent to an activating group) is 1. The number of amides is 1. The first-order chi connectivity index (χ1) is 13.4. The first-order valence-corrected chi connectivity index (χ1v) is 9.48. The third-order valence-electron chi connectivity index (χ3n) is 4.04. The fourth-order valence-electron chi connectivity index (χ4n) is 2.67. The molecule has 7 nitrogen and oxygen atoms in total. The van der Waals surface area contributed by atoms with Crippen LogP contribution in [-0.4, -0.2) is 34.1 Å². The maximum absolute atomic E-state index is 13.2. The smallest absolute Gasteiger partial charge is 0.326 e. The van der Waals surface area contributed by atoms with E-state index < -0.39 is 23.5 Å². The molecule has 0 saturated heterocycles. The Hall–Kier alpha value is -3.07. The Labute approximate surface area is 163 Å². The van der Waals surface area contributed by atoms with Gasteiger partial charge in [0, 0.05) is 17.5 Å². The quantitative estimate of drug-likeness (QED) is 0.638. The van der Waals surface area contributed by atoms with Crippen LogP contribution in [0.15, 0.2) is 40.8 Å². The second-order valence-corrected chi connectivity index (χ2v) is 6.90. The third kappa shape index (κ3) is 4.09. The molecule has 0 fully saturated rings. The molecule has 0 aliphatic heterocycles. The molecule has 2 aromatic heterocycles. The van der Waals surface area contributed by atoms with Crippen LogP contribution in [0.1, 0.15) is 13.8 Å². The van der Waals surface area contributed by atoms with Gasteiger partial charge in [-0.25, -0.2) is 9.37 Å². The monoisotopic (exact) mass is 403 g/mol. The highest BCUT2D eigenvalue weighted by molar-refractivity contribution is 7.17. The minimum absolute atomic E-state index is 0.351. The summed E-state index contributed by atoms with van der Waals surface area (Å²) in [6.45, 7) is 3.26. The molecule has 9 heteroatoms. The number of nitrogens with zero attached hydrogens (tertiary/aromatic N) is 2. The summed E-state index contributed by atoms with van der Waals surface area (Å²) < 4.78 is 19.4. The van der Waals surface area contributed by atoms with Crippen LogP contribution < -0.4 is 10.9 Å². The summed E-state index contributed by atoms with van der Waals surface area (Å²) in [5, 5.41) is 4.67. The predicted molar refractivity (Wildman–Crippen MR) is 104 cm³/mol. The van der Waals surface area contributed by atoms with E-state index in [0.717, 1.165) is 4.57 Å². The number of halogens is 1. The van der Waals surface area contributed by atoms with Crippen molar-refractivity contribution in [1.82, 2.24) is 14.9 Å².